The number of anilines is 1. The summed E-state index contributed by atoms with van der Waals surface area (Å²) in [4.78, 5) is 23.9. The minimum atomic E-state index is -0.902. The lowest BCUT2D eigenvalue weighted by Gasteiger charge is -2.41. The van der Waals surface area contributed by atoms with Crippen LogP contribution in [0.25, 0.3) is 0 Å². The van der Waals surface area contributed by atoms with E-state index in [0.717, 1.165) is 12.8 Å². The molecule has 0 aromatic carbocycles. The molecule has 2 bridgehead atoms. The van der Waals surface area contributed by atoms with Crippen LogP contribution in [0.5, 0.6) is 0 Å². The van der Waals surface area contributed by atoms with Gasteiger partial charge in [0.2, 0.25) is 5.91 Å². The van der Waals surface area contributed by atoms with E-state index in [2.05, 4.69) is 10.5 Å². The van der Waals surface area contributed by atoms with E-state index in [9.17, 15) is 14.7 Å². The molecule has 1 aromatic rings. The van der Waals surface area contributed by atoms with Gasteiger partial charge in [-0.05, 0) is 31.6 Å². The van der Waals surface area contributed by atoms with Gasteiger partial charge in [-0.3, -0.25) is 9.59 Å². The molecule has 1 heterocycles. The largest absolute Gasteiger partial charge is 0.481 e. The molecule has 1 fully saturated rings. The van der Waals surface area contributed by atoms with Crippen LogP contribution in [0.3, 0.4) is 0 Å². The fraction of sp³-hybridized carbons (Fsp3) is 0.500. The quantitative estimate of drug-likeness (QED) is 0.822. The van der Waals surface area contributed by atoms with E-state index >= 15 is 0 Å². The average Bonchev–Trinajstić information content (AvgIpc) is 2.84. The molecule has 0 saturated heterocycles. The Balaban J connectivity index is 1.82. The minimum Gasteiger partial charge on any atom is -0.481 e. The molecule has 0 aliphatic heterocycles. The third-order valence-corrected chi connectivity index (χ3v) is 4.22. The molecule has 0 unspecified atom stereocenters. The van der Waals surface area contributed by atoms with E-state index in [0.29, 0.717) is 11.6 Å². The molecule has 3 aliphatic carbocycles. The second kappa shape index (κ2) is 4.77. The summed E-state index contributed by atoms with van der Waals surface area (Å²) >= 11 is 0. The Morgan fingerprint density at radius 2 is 1.95 bits per heavy atom. The van der Waals surface area contributed by atoms with Crippen molar-refractivity contribution in [3.63, 3.8) is 0 Å². The molecule has 20 heavy (non-hydrogen) atoms. The number of amides is 1. The van der Waals surface area contributed by atoms with Crippen LogP contribution in [0.4, 0.5) is 5.82 Å². The van der Waals surface area contributed by atoms with Gasteiger partial charge in [0, 0.05) is 6.07 Å². The van der Waals surface area contributed by atoms with Gasteiger partial charge < -0.3 is 14.9 Å². The van der Waals surface area contributed by atoms with Crippen molar-refractivity contribution in [2.45, 2.75) is 19.8 Å². The fourth-order valence-corrected chi connectivity index (χ4v) is 3.32. The van der Waals surface area contributed by atoms with Crippen molar-refractivity contribution in [1.82, 2.24) is 5.16 Å². The monoisotopic (exact) mass is 276 g/mol. The summed E-state index contributed by atoms with van der Waals surface area (Å²) in [6.45, 7) is 1.73. The van der Waals surface area contributed by atoms with Crippen molar-refractivity contribution in [1.29, 1.82) is 0 Å². The Bertz CT molecular complexity index is 577. The standard InChI is InChI=1S/C14H16N2O4/c1-7-6-10(16-20-7)15-13(17)11-8-2-4-9(5-3-8)12(11)14(18)19/h2,4,6,8-9,11-12H,3,5H2,1H3,(H,18,19)(H,15,16,17)/t8-,9-,11+,12+/m1/s1. The van der Waals surface area contributed by atoms with Gasteiger partial charge in [-0.2, -0.15) is 0 Å². The van der Waals surface area contributed by atoms with Crippen LogP contribution < -0.4 is 5.32 Å². The van der Waals surface area contributed by atoms with Crippen molar-refractivity contribution in [3.8, 4) is 0 Å². The topological polar surface area (TPSA) is 92.4 Å². The lowest BCUT2D eigenvalue weighted by Crippen LogP contribution is -2.47. The number of aromatic nitrogens is 1. The third kappa shape index (κ3) is 2.11. The van der Waals surface area contributed by atoms with Gasteiger partial charge in [0.1, 0.15) is 5.76 Å². The number of allylic oxidation sites excluding steroid dienone is 2. The second-order valence-electron chi connectivity index (χ2n) is 5.49. The van der Waals surface area contributed by atoms with Crippen molar-refractivity contribution in [3.05, 3.63) is 24.0 Å². The highest BCUT2D eigenvalue weighted by molar-refractivity contribution is 5.95. The summed E-state index contributed by atoms with van der Waals surface area (Å²) in [5, 5.41) is 15.8. The number of nitrogens with zero attached hydrogens (tertiary/aromatic N) is 1. The maximum Gasteiger partial charge on any atom is 0.307 e. The molecule has 1 saturated carbocycles. The number of hydrogen-bond donors (Lipinski definition) is 2. The number of hydrogen-bond acceptors (Lipinski definition) is 4. The highest BCUT2D eigenvalue weighted by atomic mass is 16.5. The average molecular weight is 276 g/mol. The third-order valence-electron chi connectivity index (χ3n) is 4.22. The number of fused-ring (bicyclic) bond motifs is 2. The number of carbonyl (C=O) groups excluding carboxylic acids is 1. The van der Waals surface area contributed by atoms with Crippen molar-refractivity contribution < 1.29 is 19.2 Å². The summed E-state index contributed by atoms with van der Waals surface area (Å²) in [5.41, 5.74) is 0. The molecule has 2 N–H and O–H groups in total. The van der Waals surface area contributed by atoms with Crippen LogP contribution in [-0.2, 0) is 9.59 Å². The number of carboxylic acids is 1. The summed E-state index contributed by atoms with van der Waals surface area (Å²) in [7, 11) is 0. The van der Waals surface area contributed by atoms with E-state index in [1.807, 2.05) is 12.2 Å². The molecule has 4 rings (SSSR count). The molecule has 1 amide bonds. The summed E-state index contributed by atoms with van der Waals surface area (Å²) in [6, 6.07) is 1.62. The van der Waals surface area contributed by atoms with Crippen LogP contribution in [0.15, 0.2) is 22.7 Å². The van der Waals surface area contributed by atoms with E-state index in [-0.39, 0.29) is 17.7 Å². The van der Waals surface area contributed by atoms with Crippen LogP contribution in [0.2, 0.25) is 0 Å². The number of aryl methyl sites for hydroxylation is 1. The molecule has 4 atom stereocenters. The molecule has 0 radical (unpaired) electrons. The lowest BCUT2D eigenvalue weighted by atomic mass is 9.62. The first kappa shape index (κ1) is 12.9. The van der Waals surface area contributed by atoms with Crippen molar-refractivity contribution in [2.75, 3.05) is 5.32 Å². The molecular formula is C14H16N2O4. The molecule has 1 aromatic heterocycles. The zero-order valence-electron chi connectivity index (χ0n) is 11.1. The molecule has 0 spiro atoms. The number of rotatable bonds is 3. The Labute approximate surface area is 115 Å². The molecular weight excluding hydrogens is 260 g/mol. The van der Waals surface area contributed by atoms with Crippen molar-refractivity contribution >= 4 is 17.7 Å². The lowest BCUT2D eigenvalue weighted by molar-refractivity contribution is -0.151. The Morgan fingerprint density at radius 1 is 1.30 bits per heavy atom. The number of aliphatic carboxylic acids is 1. The molecule has 6 heteroatoms. The Kier molecular flexibility index (Phi) is 3.08. The van der Waals surface area contributed by atoms with Gasteiger partial charge in [0.25, 0.3) is 0 Å². The summed E-state index contributed by atoms with van der Waals surface area (Å²) in [5.74, 6) is -1.49. The summed E-state index contributed by atoms with van der Waals surface area (Å²) in [6.07, 6.45) is 5.62. The van der Waals surface area contributed by atoms with Gasteiger partial charge in [-0.25, -0.2) is 0 Å². The smallest absolute Gasteiger partial charge is 0.307 e. The first-order valence-corrected chi connectivity index (χ1v) is 6.71. The van der Waals surface area contributed by atoms with E-state index in [1.54, 1.807) is 13.0 Å². The second-order valence-corrected chi connectivity index (χ2v) is 5.49. The molecule has 3 aliphatic rings. The van der Waals surface area contributed by atoms with Crippen LogP contribution in [0.1, 0.15) is 18.6 Å². The van der Waals surface area contributed by atoms with Gasteiger partial charge in [0.15, 0.2) is 5.82 Å². The normalized spacial score (nSPS) is 31.2. The molecule has 6 nitrogen and oxygen atoms in total. The van der Waals surface area contributed by atoms with Crippen molar-refractivity contribution in [2.24, 2.45) is 23.7 Å². The maximum absolute atomic E-state index is 12.4. The van der Waals surface area contributed by atoms with E-state index < -0.39 is 17.8 Å². The maximum atomic E-state index is 12.4. The van der Waals surface area contributed by atoms with Crippen LogP contribution in [0, 0.1) is 30.6 Å². The number of carboxylic acid groups (broad SMARTS) is 1. The molecule has 106 valence electrons. The van der Waals surface area contributed by atoms with E-state index in [4.69, 9.17) is 4.52 Å². The number of nitrogens with one attached hydrogen (secondary N) is 1. The van der Waals surface area contributed by atoms with Gasteiger partial charge in [-0.1, -0.05) is 17.3 Å². The van der Waals surface area contributed by atoms with E-state index in [1.165, 1.54) is 0 Å². The highest BCUT2D eigenvalue weighted by Gasteiger charge is 2.48. The predicted octanol–water partition coefficient (Wildman–Crippen LogP) is 1.83. The van der Waals surface area contributed by atoms with Crippen LogP contribution >= 0.6 is 0 Å². The SMILES string of the molecule is Cc1cc(NC(=O)[C@@H]2[C@@H](C(=O)O)[C@@H]3C=C[C@@H]2CC3)no1. The number of carbonyl (C=O) groups is 2. The van der Waals surface area contributed by atoms with Gasteiger partial charge in [-0.15, -0.1) is 0 Å². The first-order chi connectivity index (χ1) is 9.56. The summed E-state index contributed by atoms with van der Waals surface area (Å²) < 4.78 is 4.89. The Morgan fingerprint density at radius 3 is 2.45 bits per heavy atom. The Hall–Kier alpha value is -2.11. The predicted molar refractivity (Wildman–Crippen MR) is 69.8 cm³/mol. The first-order valence-electron chi connectivity index (χ1n) is 6.71. The fourth-order valence-electron chi connectivity index (χ4n) is 3.32. The van der Waals surface area contributed by atoms with Gasteiger partial charge >= 0.3 is 5.97 Å². The van der Waals surface area contributed by atoms with Crippen LogP contribution in [-0.4, -0.2) is 22.1 Å². The van der Waals surface area contributed by atoms with Gasteiger partial charge in [0.05, 0.1) is 11.8 Å². The zero-order chi connectivity index (χ0) is 14.3. The zero-order valence-corrected chi connectivity index (χ0v) is 11.1. The highest BCUT2D eigenvalue weighted by Crippen LogP contribution is 2.45. The minimum absolute atomic E-state index is 0.00546.